The zero-order valence-electron chi connectivity index (χ0n) is 12.8. The number of hydrogen-bond acceptors (Lipinski definition) is 2. The van der Waals surface area contributed by atoms with Crippen LogP contribution >= 0.6 is 0 Å². The van der Waals surface area contributed by atoms with Crippen LogP contribution in [-0.2, 0) is 0 Å². The third kappa shape index (κ3) is 2.64. The van der Waals surface area contributed by atoms with Gasteiger partial charge >= 0.3 is 0 Å². The van der Waals surface area contributed by atoms with Crippen LogP contribution in [0, 0.1) is 0 Å². The Morgan fingerprint density at radius 2 is 1.13 bits per heavy atom. The molecule has 3 aromatic carbocycles. The van der Waals surface area contributed by atoms with Crippen molar-refractivity contribution >= 4 is 12.0 Å². The Balaban J connectivity index is 1.78. The predicted molar refractivity (Wildman–Crippen MR) is 95.8 cm³/mol. The number of para-hydroxylation sites is 1. The zero-order chi connectivity index (χ0) is 15.5. The maximum atomic E-state index is 4.82. The quantitative estimate of drug-likeness (QED) is 0.663. The van der Waals surface area contributed by atoms with Crippen LogP contribution in [0.1, 0.15) is 23.2 Å². The average Bonchev–Trinajstić information content (AvgIpc) is 3.09. The van der Waals surface area contributed by atoms with Crippen LogP contribution in [0.15, 0.2) is 96.0 Å². The van der Waals surface area contributed by atoms with Crippen molar-refractivity contribution in [2.75, 3.05) is 4.90 Å². The molecule has 112 valence electrons. The second kappa shape index (κ2) is 6.09. The monoisotopic (exact) mass is 298 g/mol. The van der Waals surface area contributed by atoms with Gasteiger partial charge in [-0.15, -0.1) is 0 Å². The van der Waals surface area contributed by atoms with Crippen LogP contribution in [0.25, 0.3) is 0 Å². The lowest BCUT2D eigenvalue weighted by Gasteiger charge is -2.29. The Hall–Kier alpha value is -2.87. The Labute approximate surface area is 136 Å². The highest BCUT2D eigenvalue weighted by molar-refractivity contribution is 5.83. The molecule has 0 bridgehead atoms. The van der Waals surface area contributed by atoms with Crippen LogP contribution in [0.3, 0.4) is 0 Å². The fourth-order valence-corrected chi connectivity index (χ4v) is 3.19. The van der Waals surface area contributed by atoms with E-state index in [0.29, 0.717) is 0 Å². The van der Waals surface area contributed by atoms with Crippen molar-refractivity contribution in [2.45, 2.75) is 12.1 Å². The lowest BCUT2D eigenvalue weighted by molar-refractivity contribution is 0.612. The van der Waals surface area contributed by atoms with E-state index >= 15 is 0 Å². The average molecular weight is 298 g/mol. The first-order valence-electron chi connectivity index (χ1n) is 7.90. The van der Waals surface area contributed by atoms with Crippen LogP contribution < -0.4 is 4.90 Å². The second-order valence-corrected chi connectivity index (χ2v) is 5.72. The molecule has 0 spiro atoms. The summed E-state index contributed by atoms with van der Waals surface area (Å²) >= 11 is 0. The molecule has 2 atom stereocenters. The summed E-state index contributed by atoms with van der Waals surface area (Å²) in [5.41, 5.74) is 3.70. The standard InChI is InChI=1S/C21H18N2/c1-4-10-17(11-5-1)20-21(18-12-6-2-7-13-18)23(16-22-20)19-14-8-3-9-15-19/h1-16,20-21H. The van der Waals surface area contributed by atoms with Gasteiger partial charge in [0.1, 0.15) is 6.04 Å². The maximum Gasteiger partial charge on any atom is 0.102 e. The van der Waals surface area contributed by atoms with E-state index in [1.165, 1.54) is 16.8 Å². The van der Waals surface area contributed by atoms with Gasteiger partial charge < -0.3 is 4.90 Å². The Morgan fingerprint density at radius 1 is 0.609 bits per heavy atom. The van der Waals surface area contributed by atoms with Gasteiger partial charge in [-0.25, -0.2) is 0 Å². The molecule has 3 aromatic rings. The lowest BCUT2D eigenvalue weighted by atomic mass is 9.93. The van der Waals surface area contributed by atoms with Crippen molar-refractivity contribution in [3.8, 4) is 0 Å². The number of benzene rings is 3. The first-order chi connectivity index (χ1) is 11.4. The second-order valence-electron chi connectivity index (χ2n) is 5.72. The van der Waals surface area contributed by atoms with Gasteiger partial charge in [-0.05, 0) is 23.3 Å². The fourth-order valence-electron chi connectivity index (χ4n) is 3.19. The highest BCUT2D eigenvalue weighted by atomic mass is 15.3. The molecule has 2 unspecified atom stereocenters. The predicted octanol–water partition coefficient (Wildman–Crippen LogP) is 5.02. The van der Waals surface area contributed by atoms with Crippen molar-refractivity contribution in [3.05, 3.63) is 102 Å². The SMILES string of the molecule is C1=NC(c2ccccc2)C(c2ccccc2)N1c1ccccc1. The summed E-state index contributed by atoms with van der Waals surface area (Å²) in [6.45, 7) is 0. The molecular formula is C21H18N2. The molecule has 0 radical (unpaired) electrons. The number of anilines is 1. The molecule has 0 saturated heterocycles. The number of nitrogens with zero attached hydrogens (tertiary/aromatic N) is 2. The van der Waals surface area contributed by atoms with Gasteiger partial charge in [0.05, 0.1) is 12.4 Å². The molecule has 0 aromatic heterocycles. The molecule has 0 N–H and O–H groups in total. The van der Waals surface area contributed by atoms with Crippen molar-refractivity contribution in [3.63, 3.8) is 0 Å². The first-order valence-corrected chi connectivity index (χ1v) is 7.90. The van der Waals surface area contributed by atoms with Gasteiger partial charge in [0, 0.05) is 5.69 Å². The highest BCUT2D eigenvalue weighted by Gasteiger charge is 2.33. The van der Waals surface area contributed by atoms with E-state index < -0.39 is 0 Å². The van der Waals surface area contributed by atoms with Gasteiger partial charge in [0.2, 0.25) is 0 Å². The van der Waals surface area contributed by atoms with Gasteiger partial charge in [0.25, 0.3) is 0 Å². The summed E-state index contributed by atoms with van der Waals surface area (Å²) in [5, 5.41) is 0. The number of hydrogen-bond donors (Lipinski definition) is 0. The van der Waals surface area contributed by atoms with Gasteiger partial charge in [-0.1, -0.05) is 78.9 Å². The molecule has 2 heteroatoms. The van der Waals surface area contributed by atoms with E-state index in [1.807, 2.05) is 12.4 Å². The number of rotatable bonds is 3. The number of aliphatic imine (C=N–C) groups is 1. The minimum Gasteiger partial charge on any atom is -0.323 e. The van der Waals surface area contributed by atoms with Crippen LogP contribution in [0.4, 0.5) is 5.69 Å². The van der Waals surface area contributed by atoms with Crippen LogP contribution in [0.5, 0.6) is 0 Å². The highest BCUT2D eigenvalue weighted by Crippen LogP contribution is 2.42. The summed E-state index contributed by atoms with van der Waals surface area (Å²) in [6, 6.07) is 31.9. The normalized spacial score (nSPS) is 19.9. The summed E-state index contributed by atoms with van der Waals surface area (Å²) < 4.78 is 0. The van der Waals surface area contributed by atoms with Crippen molar-refractivity contribution < 1.29 is 0 Å². The molecule has 1 aliphatic heterocycles. The smallest absolute Gasteiger partial charge is 0.102 e. The molecule has 0 aliphatic carbocycles. The Morgan fingerprint density at radius 3 is 1.74 bits per heavy atom. The molecule has 0 fully saturated rings. The molecule has 2 nitrogen and oxygen atoms in total. The fraction of sp³-hybridized carbons (Fsp3) is 0.0952. The Bertz CT molecular complexity index is 732. The maximum absolute atomic E-state index is 4.82. The summed E-state index contributed by atoms with van der Waals surface area (Å²) in [6.07, 6.45) is 1.98. The van der Waals surface area contributed by atoms with Crippen molar-refractivity contribution in [2.24, 2.45) is 4.99 Å². The molecule has 1 heterocycles. The molecule has 1 aliphatic rings. The third-order valence-electron chi connectivity index (χ3n) is 4.29. The summed E-state index contributed by atoms with van der Waals surface area (Å²) in [4.78, 5) is 7.09. The van der Waals surface area contributed by atoms with Crippen molar-refractivity contribution in [1.29, 1.82) is 0 Å². The minimum absolute atomic E-state index is 0.110. The van der Waals surface area contributed by atoms with E-state index in [0.717, 1.165) is 0 Å². The summed E-state index contributed by atoms with van der Waals surface area (Å²) in [5.74, 6) is 0. The molecule has 0 amide bonds. The minimum atomic E-state index is 0.110. The summed E-state index contributed by atoms with van der Waals surface area (Å²) in [7, 11) is 0. The third-order valence-corrected chi connectivity index (χ3v) is 4.29. The largest absolute Gasteiger partial charge is 0.323 e. The van der Waals surface area contributed by atoms with E-state index in [1.54, 1.807) is 0 Å². The van der Waals surface area contributed by atoms with E-state index in [4.69, 9.17) is 4.99 Å². The van der Waals surface area contributed by atoms with Gasteiger partial charge in [0.15, 0.2) is 0 Å². The molecule has 23 heavy (non-hydrogen) atoms. The topological polar surface area (TPSA) is 15.6 Å². The van der Waals surface area contributed by atoms with Crippen LogP contribution in [-0.4, -0.2) is 6.34 Å². The van der Waals surface area contributed by atoms with E-state index in [9.17, 15) is 0 Å². The molecule has 4 rings (SSSR count). The van der Waals surface area contributed by atoms with E-state index in [-0.39, 0.29) is 12.1 Å². The Kier molecular flexibility index (Phi) is 3.65. The first kappa shape index (κ1) is 13.8. The van der Waals surface area contributed by atoms with Crippen LogP contribution in [0.2, 0.25) is 0 Å². The molecule has 0 saturated carbocycles. The van der Waals surface area contributed by atoms with Gasteiger partial charge in [-0.3, -0.25) is 4.99 Å². The van der Waals surface area contributed by atoms with Crippen molar-refractivity contribution in [1.82, 2.24) is 0 Å². The molecular weight excluding hydrogens is 280 g/mol. The van der Waals surface area contributed by atoms with E-state index in [2.05, 4.69) is 89.8 Å². The zero-order valence-corrected chi connectivity index (χ0v) is 12.8. The lowest BCUT2D eigenvalue weighted by Crippen LogP contribution is -2.25. The van der Waals surface area contributed by atoms with Gasteiger partial charge in [-0.2, -0.15) is 0 Å².